The van der Waals surface area contributed by atoms with Gasteiger partial charge in [0.15, 0.2) is 0 Å². The number of amides is 1. The van der Waals surface area contributed by atoms with Gasteiger partial charge in [-0.1, -0.05) is 23.7 Å². The Kier molecular flexibility index (Phi) is 5.82. The van der Waals surface area contributed by atoms with E-state index in [4.69, 9.17) is 21.3 Å². The fraction of sp³-hybridized carbons (Fsp3) is 0.440. The summed E-state index contributed by atoms with van der Waals surface area (Å²) < 4.78 is 7.61. The molecule has 2 fully saturated rings. The highest BCUT2D eigenvalue weighted by molar-refractivity contribution is 6.32. The van der Waals surface area contributed by atoms with Crippen molar-refractivity contribution in [1.29, 1.82) is 0 Å². The second-order valence-corrected chi connectivity index (χ2v) is 9.41. The van der Waals surface area contributed by atoms with Crippen LogP contribution in [-0.2, 0) is 9.53 Å². The third kappa shape index (κ3) is 4.09. The molecule has 2 aliphatic heterocycles. The molecule has 0 unspecified atom stereocenters. The van der Waals surface area contributed by atoms with Gasteiger partial charge < -0.3 is 15.0 Å². The molecule has 0 radical (unpaired) electrons. The van der Waals surface area contributed by atoms with E-state index in [2.05, 4.69) is 52.0 Å². The standard InChI is InChI=1S/C25H29ClN4O2/c1-16-4-3-5-20(12-16)30-23-13-17(2)21(26)14-22(23)28-25(30)29-9-6-18(7-10-29)24(31)27-19-8-11-32-15-19/h3-5,12-14,18-19H,6-11,15H2,1-2H3,(H,27,31)/t19-/m1/s1. The third-order valence-corrected chi connectivity index (χ3v) is 7.01. The van der Waals surface area contributed by atoms with E-state index in [-0.39, 0.29) is 17.9 Å². The summed E-state index contributed by atoms with van der Waals surface area (Å²) in [4.78, 5) is 20.0. The maximum Gasteiger partial charge on any atom is 0.223 e. The molecule has 1 aromatic heterocycles. The van der Waals surface area contributed by atoms with Crippen molar-refractivity contribution >= 4 is 34.5 Å². The zero-order valence-electron chi connectivity index (χ0n) is 18.6. The highest BCUT2D eigenvalue weighted by Crippen LogP contribution is 2.33. The van der Waals surface area contributed by atoms with Crippen LogP contribution in [0.3, 0.4) is 0 Å². The zero-order chi connectivity index (χ0) is 22.2. The molecule has 1 amide bonds. The van der Waals surface area contributed by atoms with Crippen molar-refractivity contribution < 1.29 is 9.53 Å². The van der Waals surface area contributed by atoms with Crippen LogP contribution in [0.25, 0.3) is 16.7 Å². The Labute approximate surface area is 193 Å². The number of carbonyl (C=O) groups is 1. The molecule has 1 atom stereocenters. The van der Waals surface area contributed by atoms with Gasteiger partial charge in [0.25, 0.3) is 0 Å². The van der Waals surface area contributed by atoms with Crippen molar-refractivity contribution in [2.75, 3.05) is 31.2 Å². The van der Waals surface area contributed by atoms with E-state index in [9.17, 15) is 4.79 Å². The molecule has 2 aromatic carbocycles. The summed E-state index contributed by atoms with van der Waals surface area (Å²) in [7, 11) is 0. The molecule has 168 valence electrons. The molecule has 1 N–H and O–H groups in total. The lowest BCUT2D eigenvalue weighted by Crippen LogP contribution is -2.44. The Morgan fingerprint density at radius 2 is 1.97 bits per heavy atom. The molecular formula is C25H29ClN4O2. The number of hydrogen-bond donors (Lipinski definition) is 1. The summed E-state index contributed by atoms with van der Waals surface area (Å²) in [5, 5.41) is 3.89. The van der Waals surface area contributed by atoms with Gasteiger partial charge in [0.05, 0.1) is 23.7 Å². The number of anilines is 1. The first-order valence-corrected chi connectivity index (χ1v) is 11.8. The smallest absolute Gasteiger partial charge is 0.223 e. The van der Waals surface area contributed by atoms with Gasteiger partial charge in [0, 0.05) is 36.3 Å². The first-order chi connectivity index (χ1) is 15.5. The number of halogens is 1. The summed E-state index contributed by atoms with van der Waals surface area (Å²) in [6.45, 7) is 7.08. The molecule has 0 spiro atoms. The Morgan fingerprint density at radius 1 is 1.16 bits per heavy atom. The number of nitrogens with zero attached hydrogens (tertiary/aromatic N) is 3. The number of benzene rings is 2. The summed E-state index contributed by atoms with van der Waals surface area (Å²) >= 11 is 6.41. The predicted octanol–water partition coefficient (Wildman–Crippen LogP) is 4.42. The van der Waals surface area contributed by atoms with E-state index in [1.807, 2.05) is 13.0 Å². The van der Waals surface area contributed by atoms with E-state index in [1.54, 1.807) is 0 Å². The Morgan fingerprint density at radius 3 is 2.69 bits per heavy atom. The highest BCUT2D eigenvalue weighted by atomic mass is 35.5. The normalized spacial score (nSPS) is 19.6. The molecule has 32 heavy (non-hydrogen) atoms. The average Bonchev–Trinajstić information content (AvgIpc) is 3.42. The quantitative estimate of drug-likeness (QED) is 0.636. The van der Waals surface area contributed by atoms with Gasteiger partial charge in [-0.15, -0.1) is 0 Å². The molecule has 3 heterocycles. The maximum absolute atomic E-state index is 12.7. The van der Waals surface area contributed by atoms with Gasteiger partial charge in [0.1, 0.15) is 0 Å². The highest BCUT2D eigenvalue weighted by Gasteiger charge is 2.30. The fourth-order valence-corrected chi connectivity index (χ4v) is 4.89. The van der Waals surface area contributed by atoms with Crippen LogP contribution in [0.2, 0.25) is 5.02 Å². The number of rotatable bonds is 4. The van der Waals surface area contributed by atoms with Crippen molar-refractivity contribution in [1.82, 2.24) is 14.9 Å². The lowest BCUT2D eigenvalue weighted by molar-refractivity contribution is -0.126. The first kappa shape index (κ1) is 21.3. The average molecular weight is 453 g/mol. The minimum absolute atomic E-state index is 0.0420. The number of piperidine rings is 1. The van der Waals surface area contributed by atoms with Crippen LogP contribution >= 0.6 is 11.6 Å². The van der Waals surface area contributed by atoms with Gasteiger partial charge in [-0.3, -0.25) is 9.36 Å². The monoisotopic (exact) mass is 452 g/mol. The molecule has 2 aliphatic rings. The van der Waals surface area contributed by atoms with Crippen LogP contribution in [-0.4, -0.2) is 47.8 Å². The molecule has 5 rings (SSSR count). The van der Waals surface area contributed by atoms with Crippen LogP contribution in [0.4, 0.5) is 5.95 Å². The summed E-state index contributed by atoms with van der Waals surface area (Å²) in [5.41, 5.74) is 5.26. The molecular weight excluding hydrogens is 424 g/mol. The second kappa shape index (κ2) is 8.75. The summed E-state index contributed by atoms with van der Waals surface area (Å²) in [5.74, 6) is 1.12. The number of nitrogens with one attached hydrogen (secondary N) is 1. The number of ether oxygens (including phenoxy) is 1. The van der Waals surface area contributed by atoms with Gasteiger partial charge in [-0.05, 0) is 68.5 Å². The second-order valence-electron chi connectivity index (χ2n) is 9.01. The van der Waals surface area contributed by atoms with Crippen LogP contribution in [0.1, 0.15) is 30.4 Å². The van der Waals surface area contributed by atoms with Crippen LogP contribution in [0, 0.1) is 19.8 Å². The first-order valence-electron chi connectivity index (χ1n) is 11.4. The van der Waals surface area contributed by atoms with Crippen molar-refractivity contribution in [3.8, 4) is 5.69 Å². The fourth-order valence-electron chi connectivity index (χ4n) is 4.73. The lowest BCUT2D eigenvalue weighted by Gasteiger charge is -2.32. The molecule has 7 heteroatoms. The lowest BCUT2D eigenvalue weighted by atomic mass is 9.95. The minimum atomic E-state index is 0.0420. The number of aryl methyl sites for hydroxylation is 2. The third-order valence-electron chi connectivity index (χ3n) is 6.60. The largest absolute Gasteiger partial charge is 0.379 e. The van der Waals surface area contributed by atoms with Gasteiger partial charge in [0.2, 0.25) is 11.9 Å². The Bertz CT molecular complexity index is 1140. The zero-order valence-corrected chi connectivity index (χ0v) is 19.4. The number of carbonyl (C=O) groups excluding carboxylic acids is 1. The van der Waals surface area contributed by atoms with E-state index in [0.29, 0.717) is 6.61 Å². The molecule has 0 bridgehead atoms. The van der Waals surface area contributed by atoms with Crippen molar-refractivity contribution in [2.45, 2.75) is 39.2 Å². The summed E-state index contributed by atoms with van der Waals surface area (Å²) in [6.07, 6.45) is 2.54. The van der Waals surface area contributed by atoms with E-state index < -0.39 is 0 Å². The van der Waals surface area contributed by atoms with Crippen LogP contribution < -0.4 is 10.2 Å². The van der Waals surface area contributed by atoms with Crippen molar-refractivity contribution in [2.24, 2.45) is 5.92 Å². The van der Waals surface area contributed by atoms with Gasteiger partial charge >= 0.3 is 0 Å². The molecule has 6 nitrogen and oxygen atoms in total. The molecule has 2 saturated heterocycles. The Hall–Kier alpha value is -2.57. The van der Waals surface area contributed by atoms with E-state index >= 15 is 0 Å². The Balaban J connectivity index is 1.43. The molecule has 0 saturated carbocycles. The van der Waals surface area contributed by atoms with E-state index in [1.165, 1.54) is 5.56 Å². The van der Waals surface area contributed by atoms with Crippen molar-refractivity contribution in [3.63, 3.8) is 0 Å². The molecule has 0 aliphatic carbocycles. The number of hydrogen-bond acceptors (Lipinski definition) is 4. The number of fused-ring (bicyclic) bond motifs is 1. The maximum atomic E-state index is 12.7. The minimum Gasteiger partial charge on any atom is -0.379 e. The van der Waals surface area contributed by atoms with Crippen LogP contribution in [0.15, 0.2) is 36.4 Å². The number of imidazole rings is 1. The number of aromatic nitrogens is 2. The van der Waals surface area contributed by atoms with Crippen molar-refractivity contribution in [3.05, 3.63) is 52.5 Å². The van der Waals surface area contributed by atoms with Gasteiger partial charge in [-0.2, -0.15) is 0 Å². The molecule has 3 aromatic rings. The van der Waals surface area contributed by atoms with E-state index in [0.717, 1.165) is 72.2 Å². The van der Waals surface area contributed by atoms with Gasteiger partial charge in [-0.25, -0.2) is 4.98 Å². The SMILES string of the molecule is Cc1cccc(-n2c(N3CCC(C(=O)N[C@@H]4CCOC4)CC3)nc3cc(Cl)c(C)cc32)c1. The predicted molar refractivity (Wildman–Crippen MR) is 128 cm³/mol. The van der Waals surface area contributed by atoms with Crippen LogP contribution in [0.5, 0.6) is 0 Å². The summed E-state index contributed by atoms with van der Waals surface area (Å²) in [6, 6.07) is 12.7. The topological polar surface area (TPSA) is 59.4 Å².